The zero-order chi connectivity index (χ0) is 14.1. The number of nitrogens with zero attached hydrogens (tertiary/aromatic N) is 2. The zero-order valence-electron chi connectivity index (χ0n) is 12.3. The molecular formula is C15H26N4. The Labute approximate surface area is 116 Å². The molecule has 0 atom stereocenters. The molecule has 1 aromatic rings. The van der Waals surface area contributed by atoms with Crippen LogP contribution in [0.3, 0.4) is 0 Å². The van der Waals surface area contributed by atoms with E-state index in [2.05, 4.69) is 60.4 Å². The molecule has 0 spiro atoms. The molecule has 0 saturated carbocycles. The minimum absolute atomic E-state index is 0.526. The average molecular weight is 262 g/mol. The lowest BCUT2D eigenvalue weighted by Gasteiger charge is -2.14. The van der Waals surface area contributed by atoms with E-state index in [1.165, 1.54) is 11.1 Å². The number of nitrogens with two attached hydrogens (primary N) is 1. The third kappa shape index (κ3) is 6.25. The van der Waals surface area contributed by atoms with Crippen LogP contribution in [0.5, 0.6) is 0 Å². The molecule has 0 aliphatic rings. The SMILES string of the molecule is CCCNC(N)=NCc1cccc(CN(C)CC)c1. The van der Waals surface area contributed by atoms with Crippen molar-refractivity contribution in [2.24, 2.45) is 10.7 Å². The number of rotatable bonds is 7. The molecular weight excluding hydrogens is 236 g/mol. The van der Waals surface area contributed by atoms with Gasteiger partial charge in [0.25, 0.3) is 0 Å². The second-order valence-electron chi connectivity index (χ2n) is 4.78. The van der Waals surface area contributed by atoms with E-state index in [4.69, 9.17) is 5.73 Å². The Balaban J connectivity index is 2.56. The highest BCUT2D eigenvalue weighted by Gasteiger charge is 1.99. The van der Waals surface area contributed by atoms with Gasteiger partial charge in [-0.25, -0.2) is 4.99 Å². The molecule has 106 valence electrons. The molecule has 4 heteroatoms. The average Bonchev–Trinajstić information content (AvgIpc) is 2.43. The van der Waals surface area contributed by atoms with E-state index in [-0.39, 0.29) is 0 Å². The van der Waals surface area contributed by atoms with Crippen molar-refractivity contribution in [3.8, 4) is 0 Å². The maximum Gasteiger partial charge on any atom is 0.188 e. The standard InChI is InChI=1S/C15H26N4/c1-4-9-17-15(16)18-11-13-7-6-8-14(10-13)12-19(3)5-2/h6-8,10H,4-5,9,11-12H2,1-3H3,(H3,16,17,18). The summed E-state index contributed by atoms with van der Waals surface area (Å²) >= 11 is 0. The second kappa shape index (κ2) is 8.53. The van der Waals surface area contributed by atoms with Crippen LogP contribution in [0.2, 0.25) is 0 Å². The molecule has 0 aliphatic carbocycles. The van der Waals surface area contributed by atoms with Crippen LogP contribution in [-0.4, -0.2) is 31.0 Å². The van der Waals surface area contributed by atoms with Crippen molar-refractivity contribution >= 4 is 5.96 Å². The van der Waals surface area contributed by atoms with Crippen molar-refractivity contribution in [1.82, 2.24) is 10.2 Å². The van der Waals surface area contributed by atoms with Gasteiger partial charge in [-0.2, -0.15) is 0 Å². The summed E-state index contributed by atoms with van der Waals surface area (Å²) in [7, 11) is 2.12. The van der Waals surface area contributed by atoms with E-state index in [9.17, 15) is 0 Å². The predicted octanol–water partition coefficient (Wildman–Crippen LogP) is 1.95. The monoisotopic (exact) mass is 262 g/mol. The van der Waals surface area contributed by atoms with Gasteiger partial charge in [0, 0.05) is 13.1 Å². The first-order valence-corrected chi connectivity index (χ1v) is 6.95. The topological polar surface area (TPSA) is 53.6 Å². The Kier molecular flexibility index (Phi) is 6.97. The molecule has 0 fully saturated rings. The normalized spacial score (nSPS) is 11.9. The van der Waals surface area contributed by atoms with Crippen molar-refractivity contribution < 1.29 is 0 Å². The van der Waals surface area contributed by atoms with Gasteiger partial charge < -0.3 is 16.0 Å². The number of benzene rings is 1. The van der Waals surface area contributed by atoms with Crippen molar-refractivity contribution in [1.29, 1.82) is 0 Å². The predicted molar refractivity (Wildman–Crippen MR) is 82.1 cm³/mol. The lowest BCUT2D eigenvalue weighted by molar-refractivity contribution is 0.345. The molecule has 19 heavy (non-hydrogen) atoms. The van der Waals surface area contributed by atoms with Gasteiger partial charge in [0.2, 0.25) is 0 Å². The van der Waals surface area contributed by atoms with Crippen molar-refractivity contribution in [3.63, 3.8) is 0 Å². The van der Waals surface area contributed by atoms with E-state index >= 15 is 0 Å². The molecule has 0 aromatic heterocycles. The van der Waals surface area contributed by atoms with Gasteiger partial charge in [0.1, 0.15) is 0 Å². The maximum atomic E-state index is 5.78. The Bertz CT molecular complexity index is 401. The van der Waals surface area contributed by atoms with Gasteiger partial charge in [-0.1, -0.05) is 38.1 Å². The summed E-state index contributed by atoms with van der Waals surface area (Å²) in [4.78, 5) is 6.62. The molecule has 0 radical (unpaired) electrons. The lowest BCUT2D eigenvalue weighted by Crippen LogP contribution is -2.32. The van der Waals surface area contributed by atoms with Crippen LogP contribution >= 0.6 is 0 Å². The Hall–Kier alpha value is -1.55. The Morgan fingerprint density at radius 2 is 2.05 bits per heavy atom. The van der Waals surface area contributed by atoms with Crippen LogP contribution < -0.4 is 11.1 Å². The summed E-state index contributed by atoms with van der Waals surface area (Å²) in [5.74, 6) is 0.526. The maximum absolute atomic E-state index is 5.78. The molecule has 0 unspecified atom stereocenters. The first-order chi connectivity index (χ1) is 9.15. The van der Waals surface area contributed by atoms with Gasteiger partial charge in [0.15, 0.2) is 5.96 Å². The minimum Gasteiger partial charge on any atom is -0.370 e. The molecule has 0 aliphatic heterocycles. The summed E-state index contributed by atoms with van der Waals surface area (Å²) in [6.45, 7) is 7.79. The van der Waals surface area contributed by atoms with Gasteiger partial charge >= 0.3 is 0 Å². The van der Waals surface area contributed by atoms with Crippen LogP contribution in [-0.2, 0) is 13.1 Å². The number of guanidine groups is 1. The van der Waals surface area contributed by atoms with E-state index < -0.39 is 0 Å². The van der Waals surface area contributed by atoms with Gasteiger partial charge in [0.05, 0.1) is 6.54 Å². The fourth-order valence-electron chi connectivity index (χ4n) is 1.74. The third-order valence-corrected chi connectivity index (χ3v) is 2.97. The summed E-state index contributed by atoms with van der Waals surface area (Å²) in [5.41, 5.74) is 8.29. The van der Waals surface area contributed by atoms with E-state index in [0.29, 0.717) is 12.5 Å². The number of hydrogen-bond donors (Lipinski definition) is 2. The highest BCUT2D eigenvalue weighted by molar-refractivity contribution is 5.77. The van der Waals surface area contributed by atoms with Gasteiger partial charge in [-0.05, 0) is 31.1 Å². The van der Waals surface area contributed by atoms with Crippen molar-refractivity contribution in [2.45, 2.75) is 33.4 Å². The summed E-state index contributed by atoms with van der Waals surface area (Å²) in [6.07, 6.45) is 1.05. The molecule has 0 heterocycles. The van der Waals surface area contributed by atoms with E-state index in [0.717, 1.165) is 26.1 Å². The smallest absolute Gasteiger partial charge is 0.188 e. The quantitative estimate of drug-likeness (QED) is 0.583. The Morgan fingerprint density at radius 3 is 2.74 bits per heavy atom. The number of nitrogens with one attached hydrogen (secondary N) is 1. The molecule has 0 saturated heterocycles. The van der Waals surface area contributed by atoms with Crippen LogP contribution in [0.4, 0.5) is 0 Å². The van der Waals surface area contributed by atoms with Crippen LogP contribution in [0, 0.1) is 0 Å². The molecule has 1 aromatic carbocycles. The van der Waals surface area contributed by atoms with E-state index in [1.807, 2.05) is 0 Å². The minimum atomic E-state index is 0.526. The molecule has 4 nitrogen and oxygen atoms in total. The number of aliphatic imine (C=N–C) groups is 1. The lowest BCUT2D eigenvalue weighted by atomic mass is 10.1. The van der Waals surface area contributed by atoms with Gasteiger partial charge in [-0.3, -0.25) is 0 Å². The van der Waals surface area contributed by atoms with Crippen LogP contribution in [0.1, 0.15) is 31.4 Å². The number of hydrogen-bond acceptors (Lipinski definition) is 2. The second-order valence-corrected chi connectivity index (χ2v) is 4.78. The first kappa shape index (κ1) is 15.5. The zero-order valence-corrected chi connectivity index (χ0v) is 12.3. The summed E-state index contributed by atoms with van der Waals surface area (Å²) in [6, 6.07) is 8.52. The van der Waals surface area contributed by atoms with Crippen molar-refractivity contribution in [3.05, 3.63) is 35.4 Å². The van der Waals surface area contributed by atoms with Gasteiger partial charge in [-0.15, -0.1) is 0 Å². The van der Waals surface area contributed by atoms with Crippen LogP contribution in [0.25, 0.3) is 0 Å². The molecule has 0 bridgehead atoms. The van der Waals surface area contributed by atoms with Crippen LogP contribution in [0.15, 0.2) is 29.3 Å². The molecule has 0 amide bonds. The fraction of sp³-hybridized carbons (Fsp3) is 0.533. The van der Waals surface area contributed by atoms with Crippen molar-refractivity contribution in [2.75, 3.05) is 20.1 Å². The Morgan fingerprint density at radius 1 is 1.32 bits per heavy atom. The molecule has 1 rings (SSSR count). The summed E-state index contributed by atoms with van der Waals surface area (Å²) in [5, 5.41) is 3.08. The highest BCUT2D eigenvalue weighted by atomic mass is 15.1. The fourth-order valence-corrected chi connectivity index (χ4v) is 1.74. The first-order valence-electron chi connectivity index (χ1n) is 6.95. The highest BCUT2D eigenvalue weighted by Crippen LogP contribution is 2.08. The largest absolute Gasteiger partial charge is 0.370 e. The summed E-state index contributed by atoms with van der Waals surface area (Å²) < 4.78 is 0. The molecule has 3 N–H and O–H groups in total. The third-order valence-electron chi connectivity index (χ3n) is 2.97. The van der Waals surface area contributed by atoms with E-state index in [1.54, 1.807) is 0 Å².